The number of amides is 1. The van der Waals surface area contributed by atoms with E-state index in [1.807, 2.05) is 54.9 Å². The summed E-state index contributed by atoms with van der Waals surface area (Å²) in [6, 6.07) is 7.79. The molecule has 1 aromatic heterocycles. The number of anilines is 1. The van der Waals surface area contributed by atoms with E-state index in [0.29, 0.717) is 12.3 Å². The van der Waals surface area contributed by atoms with Gasteiger partial charge in [-0.25, -0.2) is 4.98 Å². The summed E-state index contributed by atoms with van der Waals surface area (Å²) in [6.45, 7) is 0.433. The molecule has 1 aliphatic rings. The van der Waals surface area contributed by atoms with Gasteiger partial charge >= 0.3 is 0 Å². The van der Waals surface area contributed by atoms with Crippen molar-refractivity contribution in [2.75, 3.05) is 24.7 Å². The Hall–Kier alpha value is -2.15. The van der Waals surface area contributed by atoms with E-state index in [1.54, 1.807) is 18.0 Å². The van der Waals surface area contributed by atoms with Crippen LogP contribution in [0.25, 0.3) is 0 Å². The predicted octanol–water partition coefficient (Wildman–Crippen LogP) is 1.66. The molecular formula is C16H20N4O2S. The topological polar surface area (TPSA) is 59.4 Å². The van der Waals surface area contributed by atoms with Crippen LogP contribution in [0.3, 0.4) is 0 Å². The minimum absolute atomic E-state index is 0.0976. The Morgan fingerprint density at radius 3 is 3.00 bits per heavy atom. The number of benzene rings is 1. The average molecular weight is 332 g/mol. The van der Waals surface area contributed by atoms with E-state index in [2.05, 4.69) is 10.3 Å². The van der Waals surface area contributed by atoms with Crippen LogP contribution < -0.4 is 15.0 Å². The van der Waals surface area contributed by atoms with E-state index >= 15 is 0 Å². The monoisotopic (exact) mass is 332 g/mol. The first-order valence-corrected chi connectivity index (χ1v) is 8.39. The molecule has 1 aromatic carbocycles. The van der Waals surface area contributed by atoms with Crippen LogP contribution in [0, 0.1) is 0 Å². The van der Waals surface area contributed by atoms with Gasteiger partial charge in [0.2, 0.25) is 5.95 Å². The third kappa shape index (κ3) is 3.29. The van der Waals surface area contributed by atoms with Gasteiger partial charge in [-0.15, -0.1) is 11.8 Å². The lowest BCUT2D eigenvalue weighted by Crippen LogP contribution is -2.41. The van der Waals surface area contributed by atoms with Gasteiger partial charge in [0.1, 0.15) is 5.75 Å². The van der Waals surface area contributed by atoms with Crippen LogP contribution >= 0.6 is 11.8 Å². The molecule has 0 bridgehead atoms. The number of hydrogen-bond donors (Lipinski definition) is 1. The highest BCUT2D eigenvalue weighted by molar-refractivity contribution is 7.99. The molecule has 0 radical (unpaired) electrons. The Labute approximate surface area is 139 Å². The van der Waals surface area contributed by atoms with Crippen LogP contribution in [-0.4, -0.2) is 41.4 Å². The van der Waals surface area contributed by atoms with E-state index in [-0.39, 0.29) is 5.91 Å². The van der Waals surface area contributed by atoms with Crippen LogP contribution in [0.15, 0.2) is 35.4 Å². The van der Waals surface area contributed by atoms with Gasteiger partial charge in [-0.2, -0.15) is 0 Å². The van der Waals surface area contributed by atoms with Gasteiger partial charge in [0.25, 0.3) is 5.91 Å². The molecule has 2 heterocycles. The number of nitrogens with one attached hydrogen (secondary N) is 1. The first-order chi connectivity index (χ1) is 11.1. The molecule has 0 aliphatic carbocycles. The lowest BCUT2D eigenvalue weighted by atomic mass is 10.3. The summed E-state index contributed by atoms with van der Waals surface area (Å²) in [5.74, 6) is 2.16. The normalized spacial score (nSPS) is 16.4. The van der Waals surface area contributed by atoms with Crippen LogP contribution in [0.4, 0.5) is 5.95 Å². The summed E-state index contributed by atoms with van der Waals surface area (Å²) in [5.41, 5.74) is 0.950. The molecule has 0 saturated heterocycles. The molecule has 0 saturated carbocycles. The average Bonchev–Trinajstić information content (AvgIpc) is 2.93. The van der Waals surface area contributed by atoms with Crippen molar-refractivity contribution in [2.45, 2.75) is 17.5 Å². The van der Waals surface area contributed by atoms with Crippen LogP contribution in [0.1, 0.15) is 5.69 Å². The van der Waals surface area contributed by atoms with Crippen molar-refractivity contribution < 1.29 is 9.53 Å². The number of nitrogens with zero attached hydrogens (tertiary/aromatic N) is 3. The number of thioether (sulfide) groups is 1. The molecule has 23 heavy (non-hydrogen) atoms. The predicted molar refractivity (Wildman–Crippen MR) is 91.0 cm³/mol. The highest BCUT2D eigenvalue weighted by Gasteiger charge is 2.26. The molecule has 0 fully saturated rings. The van der Waals surface area contributed by atoms with E-state index in [4.69, 9.17) is 4.74 Å². The molecule has 122 valence electrons. The summed E-state index contributed by atoms with van der Waals surface area (Å²) in [6.07, 6.45) is 1.32. The first-order valence-electron chi connectivity index (χ1n) is 7.40. The molecule has 1 aliphatic heterocycles. The Kier molecular flexibility index (Phi) is 4.47. The summed E-state index contributed by atoms with van der Waals surface area (Å²) in [4.78, 5) is 19.7. The van der Waals surface area contributed by atoms with Crippen LogP contribution in [-0.2, 0) is 18.4 Å². The Balaban J connectivity index is 1.60. The first kappa shape index (κ1) is 15.7. The largest absolute Gasteiger partial charge is 0.479 e. The Bertz CT molecular complexity index is 714. The van der Waals surface area contributed by atoms with Gasteiger partial charge in [0.15, 0.2) is 6.10 Å². The smallest absolute Gasteiger partial charge is 0.262 e. The van der Waals surface area contributed by atoms with Crippen molar-refractivity contribution in [1.82, 2.24) is 14.9 Å². The molecule has 1 N–H and O–H groups in total. The molecule has 1 unspecified atom stereocenters. The summed E-state index contributed by atoms with van der Waals surface area (Å²) < 4.78 is 7.76. The quantitative estimate of drug-likeness (QED) is 0.923. The van der Waals surface area contributed by atoms with Gasteiger partial charge in [0, 0.05) is 31.8 Å². The number of aromatic nitrogens is 2. The fourth-order valence-electron chi connectivity index (χ4n) is 2.45. The van der Waals surface area contributed by atoms with Crippen molar-refractivity contribution >= 4 is 23.6 Å². The SMILES string of the molecule is CN(C)c1ncc(CNC(=O)C2CSc3ccccc3O2)n1C. The second-order valence-electron chi connectivity index (χ2n) is 5.59. The number of carbonyl (C=O) groups excluding carboxylic acids is 1. The fraction of sp³-hybridized carbons (Fsp3) is 0.375. The second kappa shape index (κ2) is 6.54. The molecular weight excluding hydrogens is 312 g/mol. The lowest BCUT2D eigenvalue weighted by molar-refractivity contribution is -0.127. The molecule has 2 aromatic rings. The van der Waals surface area contributed by atoms with Crippen molar-refractivity contribution in [3.63, 3.8) is 0 Å². The number of fused-ring (bicyclic) bond motifs is 1. The molecule has 1 amide bonds. The number of rotatable bonds is 4. The maximum absolute atomic E-state index is 12.3. The number of hydrogen-bond acceptors (Lipinski definition) is 5. The summed E-state index contributed by atoms with van der Waals surface area (Å²) in [7, 11) is 5.82. The molecule has 1 atom stereocenters. The van der Waals surface area contributed by atoms with Crippen molar-refractivity contribution in [3.8, 4) is 5.75 Å². The van der Waals surface area contributed by atoms with E-state index < -0.39 is 6.10 Å². The third-order valence-corrected chi connectivity index (χ3v) is 4.82. The number of carbonyl (C=O) groups is 1. The van der Waals surface area contributed by atoms with Crippen LogP contribution in [0.5, 0.6) is 5.75 Å². The van der Waals surface area contributed by atoms with Gasteiger partial charge < -0.3 is 19.5 Å². The minimum Gasteiger partial charge on any atom is -0.479 e. The van der Waals surface area contributed by atoms with Gasteiger partial charge in [-0.3, -0.25) is 4.79 Å². The summed E-state index contributed by atoms with van der Waals surface area (Å²) in [5, 5.41) is 2.94. The van der Waals surface area contributed by atoms with E-state index in [9.17, 15) is 4.79 Å². The van der Waals surface area contributed by atoms with Crippen molar-refractivity contribution in [3.05, 3.63) is 36.2 Å². The van der Waals surface area contributed by atoms with Crippen molar-refractivity contribution in [2.24, 2.45) is 7.05 Å². The fourth-order valence-corrected chi connectivity index (χ4v) is 3.44. The molecule has 3 rings (SSSR count). The lowest BCUT2D eigenvalue weighted by Gasteiger charge is -2.24. The minimum atomic E-state index is -0.462. The zero-order chi connectivity index (χ0) is 16.4. The van der Waals surface area contributed by atoms with Gasteiger partial charge in [-0.05, 0) is 12.1 Å². The Morgan fingerprint density at radius 2 is 2.26 bits per heavy atom. The number of ether oxygens (including phenoxy) is 1. The van der Waals surface area contributed by atoms with Crippen molar-refractivity contribution in [1.29, 1.82) is 0 Å². The molecule has 0 spiro atoms. The molecule has 7 heteroatoms. The van der Waals surface area contributed by atoms with Crippen LogP contribution in [0.2, 0.25) is 0 Å². The van der Waals surface area contributed by atoms with E-state index in [1.165, 1.54) is 0 Å². The Morgan fingerprint density at radius 1 is 1.48 bits per heavy atom. The van der Waals surface area contributed by atoms with Gasteiger partial charge in [0.05, 0.1) is 18.4 Å². The zero-order valence-electron chi connectivity index (χ0n) is 13.4. The number of para-hydroxylation sites is 1. The number of imidazole rings is 1. The maximum atomic E-state index is 12.3. The second-order valence-corrected chi connectivity index (χ2v) is 6.65. The maximum Gasteiger partial charge on any atom is 0.262 e. The standard InChI is InChI=1S/C16H20N4O2S/c1-19(2)16-18-9-11(20(16)3)8-17-15(21)13-10-23-14-7-5-4-6-12(14)22-13/h4-7,9,13H,8,10H2,1-3H3,(H,17,21). The summed E-state index contributed by atoms with van der Waals surface area (Å²) >= 11 is 1.65. The van der Waals surface area contributed by atoms with E-state index in [0.717, 1.165) is 22.3 Å². The van der Waals surface area contributed by atoms with Gasteiger partial charge in [-0.1, -0.05) is 12.1 Å². The molecule has 6 nitrogen and oxygen atoms in total. The zero-order valence-corrected chi connectivity index (χ0v) is 14.3. The highest BCUT2D eigenvalue weighted by atomic mass is 32.2. The third-order valence-electron chi connectivity index (χ3n) is 3.70. The highest BCUT2D eigenvalue weighted by Crippen LogP contribution is 2.34.